The first-order chi connectivity index (χ1) is 7.51. The van der Waals surface area contributed by atoms with Gasteiger partial charge in [0.2, 0.25) is 0 Å². The minimum absolute atomic E-state index is 0.0656. The van der Waals surface area contributed by atoms with Gasteiger partial charge in [-0.3, -0.25) is 4.79 Å². The molecule has 1 aromatic carbocycles. The normalized spacial score (nSPS) is 11.5. The van der Waals surface area contributed by atoms with Crippen molar-refractivity contribution in [3.05, 3.63) is 35.4 Å². The second-order valence-corrected chi connectivity index (χ2v) is 4.58. The molecule has 0 fully saturated rings. The minimum Gasteiger partial charge on any atom is -0.395 e. The molecular formula is C13H19NO2. The first-order valence-corrected chi connectivity index (χ1v) is 5.46. The summed E-state index contributed by atoms with van der Waals surface area (Å²) in [6.07, 6.45) is 0.378. The standard InChI is InChI=1S/C13H19NO2/c1-13(2,9-15)11-5-3-10(4-6-11)12(16)7-8-14/h3-6,15H,7-9,14H2,1-2H3. The second-order valence-electron chi connectivity index (χ2n) is 4.58. The number of benzene rings is 1. The Bertz CT molecular complexity index is 355. The van der Waals surface area contributed by atoms with Crippen molar-refractivity contribution in [3.8, 4) is 0 Å². The SMILES string of the molecule is CC(C)(CO)c1ccc(C(=O)CCN)cc1. The molecule has 0 saturated heterocycles. The van der Waals surface area contributed by atoms with Crippen molar-refractivity contribution >= 4 is 5.78 Å². The highest BCUT2D eigenvalue weighted by Crippen LogP contribution is 2.22. The molecule has 1 rings (SSSR count). The minimum atomic E-state index is -0.268. The number of aliphatic hydroxyl groups is 1. The molecule has 0 spiro atoms. The molecular weight excluding hydrogens is 202 g/mol. The maximum Gasteiger partial charge on any atom is 0.164 e. The van der Waals surface area contributed by atoms with Gasteiger partial charge in [0.05, 0.1) is 6.61 Å². The van der Waals surface area contributed by atoms with Crippen molar-refractivity contribution in [1.29, 1.82) is 0 Å². The Morgan fingerprint density at radius 3 is 2.31 bits per heavy atom. The first-order valence-electron chi connectivity index (χ1n) is 5.46. The van der Waals surface area contributed by atoms with Crippen molar-refractivity contribution in [2.24, 2.45) is 5.73 Å². The van der Waals surface area contributed by atoms with Gasteiger partial charge in [-0.15, -0.1) is 0 Å². The largest absolute Gasteiger partial charge is 0.395 e. The summed E-state index contributed by atoms with van der Waals surface area (Å²) in [4.78, 5) is 11.5. The molecule has 3 heteroatoms. The number of Topliss-reactive ketones (excluding diaryl/α,β-unsaturated/α-hetero) is 1. The van der Waals surface area contributed by atoms with E-state index in [1.807, 2.05) is 26.0 Å². The van der Waals surface area contributed by atoms with Crippen LogP contribution in [-0.2, 0) is 5.41 Å². The van der Waals surface area contributed by atoms with Gasteiger partial charge in [-0.25, -0.2) is 0 Å². The molecule has 0 aliphatic carbocycles. The van der Waals surface area contributed by atoms with E-state index in [2.05, 4.69) is 0 Å². The lowest BCUT2D eigenvalue weighted by molar-refractivity contribution is 0.0985. The summed E-state index contributed by atoms with van der Waals surface area (Å²) in [6, 6.07) is 7.37. The van der Waals surface area contributed by atoms with Crippen molar-refractivity contribution in [1.82, 2.24) is 0 Å². The number of ketones is 1. The lowest BCUT2D eigenvalue weighted by Gasteiger charge is -2.22. The molecule has 0 aliphatic heterocycles. The Morgan fingerprint density at radius 2 is 1.88 bits per heavy atom. The summed E-state index contributed by atoms with van der Waals surface area (Å²) in [5, 5.41) is 9.23. The van der Waals surface area contributed by atoms with Crippen molar-refractivity contribution in [3.63, 3.8) is 0 Å². The molecule has 0 aromatic heterocycles. The third-order valence-corrected chi connectivity index (χ3v) is 2.76. The van der Waals surface area contributed by atoms with E-state index in [0.29, 0.717) is 18.5 Å². The smallest absolute Gasteiger partial charge is 0.164 e. The summed E-state index contributed by atoms with van der Waals surface area (Å²) < 4.78 is 0. The van der Waals surface area contributed by atoms with E-state index >= 15 is 0 Å². The summed E-state index contributed by atoms with van der Waals surface area (Å²) >= 11 is 0. The number of rotatable bonds is 5. The molecule has 1 aromatic rings. The van der Waals surface area contributed by atoms with Crippen molar-refractivity contribution in [2.75, 3.05) is 13.2 Å². The molecule has 0 radical (unpaired) electrons. The average molecular weight is 221 g/mol. The van der Waals surface area contributed by atoms with Crippen LogP contribution in [-0.4, -0.2) is 24.0 Å². The average Bonchev–Trinajstić information content (AvgIpc) is 2.29. The Labute approximate surface area is 96.3 Å². The van der Waals surface area contributed by atoms with Crippen LogP contribution >= 0.6 is 0 Å². The molecule has 0 heterocycles. The number of hydrogen-bond acceptors (Lipinski definition) is 3. The van der Waals surface area contributed by atoms with Crippen molar-refractivity contribution in [2.45, 2.75) is 25.7 Å². The fourth-order valence-corrected chi connectivity index (χ4v) is 1.47. The number of aliphatic hydroxyl groups excluding tert-OH is 1. The van der Waals surface area contributed by atoms with Crippen molar-refractivity contribution < 1.29 is 9.90 Å². The lowest BCUT2D eigenvalue weighted by Crippen LogP contribution is -2.22. The summed E-state index contributed by atoms with van der Waals surface area (Å²) in [7, 11) is 0. The van der Waals surface area contributed by atoms with Gasteiger partial charge in [-0.1, -0.05) is 38.1 Å². The van der Waals surface area contributed by atoms with Crippen LogP contribution in [0.25, 0.3) is 0 Å². The van der Waals surface area contributed by atoms with Crippen LogP contribution in [0.1, 0.15) is 36.2 Å². The lowest BCUT2D eigenvalue weighted by atomic mass is 9.85. The van der Waals surface area contributed by atoms with E-state index in [1.165, 1.54) is 0 Å². The summed E-state index contributed by atoms with van der Waals surface area (Å²) in [5.41, 5.74) is 6.78. The van der Waals surface area contributed by atoms with Crippen LogP contribution in [0.4, 0.5) is 0 Å². The van der Waals surface area contributed by atoms with E-state index in [0.717, 1.165) is 5.56 Å². The fraction of sp³-hybridized carbons (Fsp3) is 0.462. The maximum atomic E-state index is 11.5. The highest BCUT2D eigenvalue weighted by Gasteiger charge is 2.19. The molecule has 0 saturated carbocycles. The zero-order chi connectivity index (χ0) is 12.2. The van der Waals surface area contributed by atoms with E-state index in [-0.39, 0.29) is 17.8 Å². The number of hydrogen-bond donors (Lipinski definition) is 2. The highest BCUT2D eigenvalue weighted by atomic mass is 16.3. The Morgan fingerprint density at radius 1 is 1.31 bits per heavy atom. The zero-order valence-corrected chi connectivity index (χ0v) is 9.86. The Balaban J connectivity index is 2.87. The molecule has 16 heavy (non-hydrogen) atoms. The van der Waals surface area contributed by atoms with Gasteiger partial charge in [-0.05, 0) is 12.1 Å². The topological polar surface area (TPSA) is 63.3 Å². The van der Waals surface area contributed by atoms with E-state index in [4.69, 9.17) is 5.73 Å². The predicted molar refractivity (Wildman–Crippen MR) is 64.6 cm³/mol. The molecule has 0 bridgehead atoms. The third kappa shape index (κ3) is 2.90. The monoisotopic (exact) mass is 221 g/mol. The zero-order valence-electron chi connectivity index (χ0n) is 9.86. The second kappa shape index (κ2) is 5.23. The van der Waals surface area contributed by atoms with Gasteiger partial charge in [0.25, 0.3) is 0 Å². The van der Waals surface area contributed by atoms with Crippen LogP contribution in [0.15, 0.2) is 24.3 Å². The number of nitrogens with two attached hydrogens (primary N) is 1. The van der Waals surface area contributed by atoms with Crippen LogP contribution < -0.4 is 5.73 Å². The quantitative estimate of drug-likeness (QED) is 0.740. The molecule has 0 aliphatic rings. The van der Waals surface area contributed by atoms with Gasteiger partial charge in [0.15, 0.2) is 5.78 Å². The van der Waals surface area contributed by atoms with Crippen LogP contribution in [0.2, 0.25) is 0 Å². The maximum absolute atomic E-state index is 11.5. The van der Waals surface area contributed by atoms with Gasteiger partial charge in [-0.2, -0.15) is 0 Å². The molecule has 88 valence electrons. The molecule has 0 atom stereocenters. The van der Waals surface area contributed by atoms with E-state index in [9.17, 15) is 9.90 Å². The first kappa shape index (κ1) is 12.9. The molecule has 3 N–H and O–H groups in total. The summed E-state index contributed by atoms with van der Waals surface area (Å²) in [5.74, 6) is 0.0656. The predicted octanol–water partition coefficient (Wildman–Crippen LogP) is 1.49. The van der Waals surface area contributed by atoms with Crippen LogP contribution in [0.5, 0.6) is 0 Å². The van der Waals surface area contributed by atoms with Gasteiger partial charge in [0.1, 0.15) is 0 Å². The fourth-order valence-electron chi connectivity index (χ4n) is 1.47. The van der Waals surface area contributed by atoms with E-state index < -0.39 is 0 Å². The number of carbonyl (C=O) groups excluding carboxylic acids is 1. The molecule has 0 unspecified atom stereocenters. The van der Waals surface area contributed by atoms with E-state index in [1.54, 1.807) is 12.1 Å². The third-order valence-electron chi connectivity index (χ3n) is 2.76. The van der Waals surface area contributed by atoms with Gasteiger partial charge < -0.3 is 10.8 Å². The number of carbonyl (C=O) groups is 1. The molecule has 0 amide bonds. The Hall–Kier alpha value is -1.19. The highest BCUT2D eigenvalue weighted by molar-refractivity contribution is 5.96. The summed E-state index contributed by atoms with van der Waals surface area (Å²) in [6.45, 7) is 4.39. The van der Waals surface area contributed by atoms with Gasteiger partial charge >= 0.3 is 0 Å². The van der Waals surface area contributed by atoms with Gasteiger partial charge in [0, 0.05) is 17.4 Å². The Kier molecular flexibility index (Phi) is 4.21. The van der Waals surface area contributed by atoms with Crippen LogP contribution in [0, 0.1) is 0 Å². The molecule has 3 nitrogen and oxygen atoms in total. The van der Waals surface area contributed by atoms with Crippen LogP contribution in [0.3, 0.4) is 0 Å².